The quantitative estimate of drug-likeness (QED) is 0.742. The molecule has 0 amide bonds. The summed E-state index contributed by atoms with van der Waals surface area (Å²) >= 11 is 0. The Bertz CT molecular complexity index is 358. The highest BCUT2D eigenvalue weighted by Crippen LogP contribution is 2.07. The molecular formula is C13H18O2. The minimum Gasteiger partial charge on any atom is -0.469 e. The standard InChI is InChI=1S/C7H10O.C6H8O/c1-3-7-6(2)4-5-8-7;1-2-6-4-3-5-7-6/h4-5H,3H2,1-2H3;3-5H,2H2,1H3. The smallest absolute Gasteiger partial charge is 0.106 e. The van der Waals surface area contributed by atoms with Gasteiger partial charge in [0.2, 0.25) is 0 Å². The summed E-state index contributed by atoms with van der Waals surface area (Å²) in [5.74, 6) is 2.16. The minimum absolute atomic E-state index is 0.993. The van der Waals surface area contributed by atoms with E-state index in [0.717, 1.165) is 24.4 Å². The fraction of sp³-hybridized carbons (Fsp3) is 0.385. The molecule has 82 valence electrons. The van der Waals surface area contributed by atoms with E-state index < -0.39 is 0 Å². The Hall–Kier alpha value is -1.44. The molecule has 2 heterocycles. The van der Waals surface area contributed by atoms with Gasteiger partial charge in [0.25, 0.3) is 0 Å². The zero-order valence-corrected chi connectivity index (χ0v) is 9.62. The minimum atomic E-state index is 0.993. The van der Waals surface area contributed by atoms with Crippen LogP contribution in [-0.4, -0.2) is 0 Å². The van der Waals surface area contributed by atoms with Crippen LogP contribution in [0.4, 0.5) is 0 Å². The van der Waals surface area contributed by atoms with Crippen molar-refractivity contribution in [2.75, 3.05) is 0 Å². The van der Waals surface area contributed by atoms with Gasteiger partial charge in [-0.25, -0.2) is 0 Å². The molecule has 0 saturated carbocycles. The van der Waals surface area contributed by atoms with Gasteiger partial charge >= 0.3 is 0 Å². The summed E-state index contributed by atoms with van der Waals surface area (Å²) in [5.41, 5.74) is 1.26. The van der Waals surface area contributed by atoms with Crippen LogP contribution in [0.3, 0.4) is 0 Å². The van der Waals surface area contributed by atoms with E-state index in [1.165, 1.54) is 5.56 Å². The first-order chi connectivity index (χ1) is 7.27. The van der Waals surface area contributed by atoms with E-state index in [1.54, 1.807) is 12.5 Å². The molecule has 15 heavy (non-hydrogen) atoms. The number of hydrogen-bond acceptors (Lipinski definition) is 2. The third kappa shape index (κ3) is 3.66. The van der Waals surface area contributed by atoms with Gasteiger partial charge in [-0.05, 0) is 30.7 Å². The van der Waals surface area contributed by atoms with Crippen LogP contribution in [0.5, 0.6) is 0 Å². The predicted molar refractivity (Wildman–Crippen MR) is 60.9 cm³/mol. The van der Waals surface area contributed by atoms with Gasteiger partial charge in [0, 0.05) is 12.8 Å². The Morgan fingerprint density at radius 3 is 2.07 bits per heavy atom. The molecule has 0 aliphatic carbocycles. The molecule has 0 N–H and O–H groups in total. The second-order valence-electron chi connectivity index (χ2n) is 3.31. The van der Waals surface area contributed by atoms with Crippen molar-refractivity contribution in [1.82, 2.24) is 0 Å². The first-order valence-corrected chi connectivity index (χ1v) is 5.33. The van der Waals surface area contributed by atoms with Crippen molar-refractivity contribution in [3.63, 3.8) is 0 Å². The van der Waals surface area contributed by atoms with Crippen LogP contribution in [0.2, 0.25) is 0 Å². The fourth-order valence-electron chi connectivity index (χ4n) is 1.28. The summed E-state index contributed by atoms with van der Waals surface area (Å²) in [6.45, 7) is 6.22. The largest absolute Gasteiger partial charge is 0.469 e. The molecule has 2 aromatic heterocycles. The van der Waals surface area contributed by atoms with Crippen molar-refractivity contribution in [3.05, 3.63) is 47.8 Å². The third-order valence-electron chi connectivity index (χ3n) is 2.22. The van der Waals surface area contributed by atoms with Crippen LogP contribution in [0.1, 0.15) is 30.9 Å². The van der Waals surface area contributed by atoms with E-state index in [4.69, 9.17) is 8.83 Å². The van der Waals surface area contributed by atoms with Gasteiger partial charge in [-0.3, -0.25) is 0 Å². The van der Waals surface area contributed by atoms with Crippen molar-refractivity contribution >= 4 is 0 Å². The molecule has 0 aliphatic heterocycles. The molecule has 0 radical (unpaired) electrons. The summed E-state index contributed by atoms with van der Waals surface area (Å²) in [6.07, 6.45) is 5.42. The monoisotopic (exact) mass is 206 g/mol. The van der Waals surface area contributed by atoms with E-state index in [0.29, 0.717) is 0 Å². The van der Waals surface area contributed by atoms with E-state index in [9.17, 15) is 0 Å². The molecule has 0 aliphatic rings. The lowest BCUT2D eigenvalue weighted by molar-refractivity contribution is 0.513. The maximum Gasteiger partial charge on any atom is 0.106 e. The lowest BCUT2D eigenvalue weighted by Gasteiger charge is -1.86. The summed E-state index contributed by atoms with van der Waals surface area (Å²) in [7, 11) is 0. The van der Waals surface area contributed by atoms with Crippen LogP contribution in [0.25, 0.3) is 0 Å². The highest BCUT2D eigenvalue weighted by Gasteiger charge is 1.94. The van der Waals surface area contributed by atoms with Gasteiger partial charge in [0.15, 0.2) is 0 Å². The van der Waals surface area contributed by atoms with Crippen molar-refractivity contribution < 1.29 is 8.83 Å². The highest BCUT2D eigenvalue weighted by molar-refractivity contribution is 5.13. The van der Waals surface area contributed by atoms with Crippen LogP contribution in [0, 0.1) is 6.92 Å². The molecule has 0 spiro atoms. The average molecular weight is 206 g/mol. The Morgan fingerprint density at radius 1 is 1.00 bits per heavy atom. The van der Waals surface area contributed by atoms with Crippen molar-refractivity contribution in [2.24, 2.45) is 0 Å². The van der Waals surface area contributed by atoms with Crippen LogP contribution >= 0.6 is 0 Å². The van der Waals surface area contributed by atoms with Crippen LogP contribution in [-0.2, 0) is 12.8 Å². The van der Waals surface area contributed by atoms with Gasteiger partial charge in [0.05, 0.1) is 12.5 Å². The lowest BCUT2D eigenvalue weighted by atomic mass is 10.2. The van der Waals surface area contributed by atoms with E-state index in [2.05, 4.69) is 20.8 Å². The topological polar surface area (TPSA) is 26.3 Å². The molecule has 2 heteroatoms. The van der Waals surface area contributed by atoms with Crippen molar-refractivity contribution in [2.45, 2.75) is 33.6 Å². The fourth-order valence-corrected chi connectivity index (χ4v) is 1.28. The van der Waals surface area contributed by atoms with Crippen LogP contribution < -0.4 is 0 Å². The average Bonchev–Trinajstić information content (AvgIpc) is 2.88. The zero-order chi connectivity index (χ0) is 11.1. The van der Waals surface area contributed by atoms with Crippen molar-refractivity contribution in [1.29, 1.82) is 0 Å². The number of furan rings is 2. The molecule has 0 unspecified atom stereocenters. The number of aryl methyl sites for hydroxylation is 3. The van der Waals surface area contributed by atoms with Crippen LogP contribution in [0.15, 0.2) is 39.6 Å². The van der Waals surface area contributed by atoms with Gasteiger partial charge < -0.3 is 8.83 Å². The van der Waals surface area contributed by atoms with Gasteiger partial charge in [0.1, 0.15) is 11.5 Å². The Kier molecular flexibility index (Phi) is 4.75. The molecule has 2 aromatic rings. The Labute approximate surface area is 90.9 Å². The molecule has 0 fully saturated rings. The lowest BCUT2D eigenvalue weighted by Crippen LogP contribution is -1.75. The third-order valence-corrected chi connectivity index (χ3v) is 2.22. The van der Waals surface area contributed by atoms with E-state index >= 15 is 0 Å². The molecule has 0 atom stereocenters. The zero-order valence-electron chi connectivity index (χ0n) is 9.62. The van der Waals surface area contributed by atoms with Gasteiger partial charge in [-0.15, -0.1) is 0 Å². The maximum atomic E-state index is 5.11. The Balaban J connectivity index is 0.000000151. The summed E-state index contributed by atoms with van der Waals surface area (Å²) in [6, 6.07) is 5.86. The summed E-state index contributed by atoms with van der Waals surface area (Å²) < 4.78 is 10.1. The second kappa shape index (κ2) is 6.12. The van der Waals surface area contributed by atoms with E-state index in [-0.39, 0.29) is 0 Å². The maximum absolute atomic E-state index is 5.11. The molecule has 0 saturated heterocycles. The van der Waals surface area contributed by atoms with Gasteiger partial charge in [-0.2, -0.15) is 0 Å². The summed E-state index contributed by atoms with van der Waals surface area (Å²) in [4.78, 5) is 0. The Morgan fingerprint density at radius 2 is 1.80 bits per heavy atom. The highest BCUT2D eigenvalue weighted by atomic mass is 16.3. The normalized spacial score (nSPS) is 9.53. The van der Waals surface area contributed by atoms with Gasteiger partial charge in [-0.1, -0.05) is 13.8 Å². The first-order valence-electron chi connectivity index (χ1n) is 5.33. The molecular weight excluding hydrogens is 188 g/mol. The summed E-state index contributed by atoms with van der Waals surface area (Å²) in [5, 5.41) is 0. The molecule has 0 bridgehead atoms. The molecule has 0 aromatic carbocycles. The SMILES string of the molecule is CCc1ccco1.CCc1occc1C. The van der Waals surface area contributed by atoms with E-state index in [1.807, 2.05) is 18.2 Å². The molecule has 2 nitrogen and oxygen atoms in total. The first kappa shape index (κ1) is 11.6. The number of hydrogen-bond donors (Lipinski definition) is 0. The second-order valence-corrected chi connectivity index (χ2v) is 3.31. The predicted octanol–water partition coefficient (Wildman–Crippen LogP) is 3.99. The number of rotatable bonds is 2. The molecule has 2 rings (SSSR count). The van der Waals surface area contributed by atoms with Crippen molar-refractivity contribution in [3.8, 4) is 0 Å².